The molecule has 0 saturated carbocycles. The van der Waals surface area contributed by atoms with E-state index in [4.69, 9.17) is 5.11 Å². The molecule has 1 aromatic carbocycles. The van der Waals surface area contributed by atoms with E-state index in [-0.39, 0.29) is 18.6 Å². The molecule has 0 spiro atoms. The fourth-order valence-electron chi connectivity index (χ4n) is 2.11. The molecule has 1 aromatic rings. The average molecular weight is 305 g/mol. The van der Waals surface area contributed by atoms with E-state index in [9.17, 15) is 14.4 Å². The van der Waals surface area contributed by atoms with Gasteiger partial charge in [-0.3, -0.25) is 9.59 Å². The van der Waals surface area contributed by atoms with Crippen molar-refractivity contribution >= 4 is 17.7 Å². The second-order valence-electron chi connectivity index (χ2n) is 5.22. The number of carbonyl (C=O) groups excluding carboxylic acids is 2. The number of ketones is 1. The highest BCUT2D eigenvalue weighted by atomic mass is 16.4. The summed E-state index contributed by atoms with van der Waals surface area (Å²) in [5, 5.41) is 11.4. The summed E-state index contributed by atoms with van der Waals surface area (Å²) in [4.78, 5) is 34.7. The number of amides is 1. The molecular weight excluding hydrogens is 282 g/mol. The fourth-order valence-corrected chi connectivity index (χ4v) is 2.11. The molecule has 1 rings (SSSR count). The van der Waals surface area contributed by atoms with Crippen molar-refractivity contribution < 1.29 is 19.5 Å². The van der Waals surface area contributed by atoms with Gasteiger partial charge < -0.3 is 10.4 Å². The number of rotatable bonds is 9. The number of hydrogen-bond donors (Lipinski definition) is 2. The SMILES string of the molecule is CCCC(NC(=O)CCC(=O)c1ccc(CC)cc1)C(=O)O. The molecule has 120 valence electrons. The van der Waals surface area contributed by atoms with E-state index >= 15 is 0 Å². The molecule has 2 N–H and O–H groups in total. The number of carboxylic acid groups (broad SMARTS) is 1. The standard InChI is InChI=1S/C17H23NO4/c1-3-5-14(17(21)22)18-16(20)11-10-15(19)13-8-6-12(4-2)7-9-13/h6-9,14H,3-5,10-11H2,1-2H3,(H,18,20)(H,21,22). The van der Waals surface area contributed by atoms with Crippen LogP contribution >= 0.6 is 0 Å². The number of carboxylic acids is 1. The van der Waals surface area contributed by atoms with Gasteiger partial charge in [-0.25, -0.2) is 4.79 Å². The highest BCUT2D eigenvalue weighted by molar-refractivity contribution is 5.98. The molecule has 0 bridgehead atoms. The maximum atomic E-state index is 12.0. The van der Waals surface area contributed by atoms with E-state index in [1.54, 1.807) is 12.1 Å². The van der Waals surface area contributed by atoms with Gasteiger partial charge in [0.25, 0.3) is 0 Å². The van der Waals surface area contributed by atoms with Crippen LogP contribution in [0.1, 0.15) is 55.5 Å². The number of aliphatic carboxylic acids is 1. The van der Waals surface area contributed by atoms with Crippen molar-refractivity contribution in [3.8, 4) is 0 Å². The van der Waals surface area contributed by atoms with E-state index in [1.165, 1.54) is 0 Å². The number of aryl methyl sites for hydroxylation is 1. The maximum Gasteiger partial charge on any atom is 0.326 e. The molecule has 1 unspecified atom stereocenters. The van der Waals surface area contributed by atoms with Crippen LogP contribution in [0.3, 0.4) is 0 Å². The molecule has 5 nitrogen and oxygen atoms in total. The zero-order valence-electron chi connectivity index (χ0n) is 13.1. The van der Waals surface area contributed by atoms with Crippen LogP contribution < -0.4 is 5.32 Å². The first-order valence-corrected chi connectivity index (χ1v) is 7.62. The number of benzene rings is 1. The van der Waals surface area contributed by atoms with Crippen LogP contribution in [0.15, 0.2) is 24.3 Å². The van der Waals surface area contributed by atoms with E-state index < -0.39 is 17.9 Å². The maximum absolute atomic E-state index is 12.0. The van der Waals surface area contributed by atoms with Gasteiger partial charge in [-0.1, -0.05) is 44.5 Å². The first-order valence-electron chi connectivity index (χ1n) is 7.62. The van der Waals surface area contributed by atoms with E-state index in [1.807, 2.05) is 26.0 Å². The predicted octanol–water partition coefficient (Wildman–Crippen LogP) is 2.58. The monoisotopic (exact) mass is 305 g/mol. The predicted molar refractivity (Wildman–Crippen MR) is 83.9 cm³/mol. The fraction of sp³-hybridized carbons (Fsp3) is 0.471. The van der Waals surface area contributed by atoms with Gasteiger partial charge in [-0.15, -0.1) is 0 Å². The number of Topliss-reactive ketones (excluding diaryl/α,β-unsaturated/α-hetero) is 1. The third-order valence-electron chi connectivity index (χ3n) is 3.47. The topological polar surface area (TPSA) is 83.5 Å². The number of carbonyl (C=O) groups is 3. The lowest BCUT2D eigenvalue weighted by Crippen LogP contribution is -2.40. The molecule has 0 radical (unpaired) electrons. The second kappa shape index (κ2) is 8.97. The van der Waals surface area contributed by atoms with Crippen LogP contribution in [-0.2, 0) is 16.0 Å². The molecule has 5 heteroatoms. The molecule has 0 saturated heterocycles. The molecule has 0 fully saturated rings. The Labute approximate surface area is 130 Å². The van der Waals surface area contributed by atoms with Crippen molar-refractivity contribution in [3.05, 3.63) is 35.4 Å². The van der Waals surface area contributed by atoms with Crippen LogP contribution in [0, 0.1) is 0 Å². The summed E-state index contributed by atoms with van der Waals surface area (Å²) in [7, 11) is 0. The summed E-state index contributed by atoms with van der Waals surface area (Å²) >= 11 is 0. The number of nitrogens with one attached hydrogen (secondary N) is 1. The van der Waals surface area contributed by atoms with Gasteiger partial charge in [0.15, 0.2) is 5.78 Å². The Morgan fingerprint density at radius 2 is 1.73 bits per heavy atom. The molecule has 0 aliphatic carbocycles. The van der Waals surface area contributed by atoms with Gasteiger partial charge in [-0.05, 0) is 18.4 Å². The van der Waals surface area contributed by atoms with Gasteiger partial charge in [0.1, 0.15) is 6.04 Å². The summed E-state index contributed by atoms with van der Waals surface area (Å²) < 4.78 is 0. The average Bonchev–Trinajstić information content (AvgIpc) is 2.52. The highest BCUT2D eigenvalue weighted by Gasteiger charge is 2.19. The third-order valence-corrected chi connectivity index (χ3v) is 3.47. The Kier molecular flexibility index (Phi) is 7.29. The Hall–Kier alpha value is -2.17. The lowest BCUT2D eigenvalue weighted by atomic mass is 10.0. The number of hydrogen-bond acceptors (Lipinski definition) is 3. The van der Waals surface area contributed by atoms with Crippen molar-refractivity contribution in [3.63, 3.8) is 0 Å². The summed E-state index contributed by atoms with van der Waals surface area (Å²) in [6, 6.07) is 6.44. The first-order chi connectivity index (χ1) is 10.5. The van der Waals surface area contributed by atoms with E-state index in [2.05, 4.69) is 5.32 Å². The lowest BCUT2D eigenvalue weighted by Gasteiger charge is -2.13. The summed E-state index contributed by atoms with van der Waals surface area (Å²) in [5.41, 5.74) is 1.73. The molecule has 22 heavy (non-hydrogen) atoms. The Morgan fingerprint density at radius 3 is 2.23 bits per heavy atom. The van der Waals surface area contributed by atoms with Gasteiger partial charge >= 0.3 is 5.97 Å². The molecule has 0 aliphatic heterocycles. The van der Waals surface area contributed by atoms with E-state index in [0.717, 1.165) is 12.0 Å². The third kappa shape index (κ3) is 5.68. The Bertz CT molecular complexity index is 522. The van der Waals surface area contributed by atoms with Crippen LogP contribution in [-0.4, -0.2) is 28.8 Å². The highest BCUT2D eigenvalue weighted by Crippen LogP contribution is 2.09. The molecule has 0 aliphatic rings. The lowest BCUT2D eigenvalue weighted by molar-refractivity contribution is -0.142. The second-order valence-corrected chi connectivity index (χ2v) is 5.22. The van der Waals surface area contributed by atoms with Crippen LogP contribution in [0.25, 0.3) is 0 Å². The Morgan fingerprint density at radius 1 is 1.09 bits per heavy atom. The van der Waals surface area contributed by atoms with Gasteiger partial charge in [0.2, 0.25) is 5.91 Å². The minimum Gasteiger partial charge on any atom is -0.480 e. The van der Waals surface area contributed by atoms with Crippen molar-refractivity contribution in [1.29, 1.82) is 0 Å². The van der Waals surface area contributed by atoms with Crippen LogP contribution in [0.5, 0.6) is 0 Å². The summed E-state index contributed by atoms with van der Waals surface area (Å²) in [5.74, 6) is -1.56. The van der Waals surface area contributed by atoms with Crippen molar-refractivity contribution in [1.82, 2.24) is 5.32 Å². The van der Waals surface area contributed by atoms with Crippen molar-refractivity contribution in [2.75, 3.05) is 0 Å². The molecular formula is C17H23NO4. The van der Waals surface area contributed by atoms with Gasteiger partial charge in [0.05, 0.1) is 0 Å². The van der Waals surface area contributed by atoms with Gasteiger partial charge in [-0.2, -0.15) is 0 Å². The van der Waals surface area contributed by atoms with Gasteiger partial charge in [0, 0.05) is 18.4 Å². The smallest absolute Gasteiger partial charge is 0.326 e. The zero-order valence-corrected chi connectivity index (χ0v) is 13.1. The quantitative estimate of drug-likeness (QED) is 0.687. The summed E-state index contributed by atoms with van der Waals surface area (Å²) in [6.07, 6.45) is 2.04. The van der Waals surface area contributed by atoms with Crippen molar-refractivity contribution in [2.24, 2.45) is 0 Å². The molecule has 1 atom stereocenters. The molecule has 0 aromatic heterocycles. The zero-order chi connectivity index (χ0) is 16.5. The van der Waals surface area contributed by atoms with E-state index in [0.29, 0.717) is 18.4 Å². The van der Waals surface area contributed by atoms with Crippen LogP contribution in [0.2, 0.25) is 0 Å². The largest absolute Gasteiger partial charge is 0.480 e. The summed E-state index contributed by atoms with van der Waals surface area (Å²) in [6.45, 7) is 3.89. The minimum absolute atomic E-state index is 0.00184. The first kappa shape index (κ1) is 17.9. The Balaban J connectivity index is 2.48. The van der Waals surface area contributed by atoms with Crippen molar-refractivity contribution in [2.45, 2.75) is 52.0 Å². The normalized spacial score (nSPS) is 11.7. The van der Waals surface area contributed by atoms with Crippen LogP contribution in [0.4, 0.5) is 0 Å². The molecule has 1 amide bonds. The minimum atomic E-state index is -1.04. The molecule has 0 heterocycles.